The van der Waals surface area contributed by atoms with Gasteiger partial charge in [-0.2, -0.15) is 0 Å². The maximum atomic E-state index is 11.7. The minimum Gasteiger partial charge on any atom is -0.374 e. The van der Waals surface area contributed by atoms with Gasteiger partial charge >= 0.3 is 0 Å². The summed E-state index contributed by atoms with van der Waals surface area (Å²) in [6.45, 7) is 3.13. The summed E-state index contributed by atoms with van der Waals surface area (Å²) < 4.78 is 29.3. The van der Waals surface area contributed by atoms with Gasteiger partial charge in [-0.15, -0.1) is 0 Å². The zero-order valence-corrected chi connectivity index (χ0v) is 11.3. The van der Waals surface area contributed by atoms with Crippen LogP contribution in [0.15, 0.2) is 22.7 Å². The highest BCUT2D eigenvalue weighted by atomic mass is 79.9. The van der Waals surface area contributed by atoms with E-state index in [1.54, 1.807) is 0 Å². The Labute approximate surface area is 108 Å². The molecule has 96 valence electrons. The average molecular weight is 308 g/mol. The van der Waals surface area contributed by atoms with E-state index in [2.05, 4.69) is 27.3 Å². The standard InChI is InChI=1S/C12H16BrF2NO/c1-9-6-10(2-3-11(9)13)7-16-4-5-17-8-12(14)15/h2-3,6,12,16H,4-5,7-8H2,1H3. The molecule has 0 aliphatic heterocycles. The second-order valence-corrected chi connectivity index (χ2v) is 4.58. The first-order chi connectivity index (χ1) is 8.09. The number of rotatable bonds is 7. The van der Waals surface area contributed by atoms with Gasteiger partial charge in [0.25, 0.3) is 6.43 Å². The third-order valence-corrected chi connectivity index (χ3v) is 3.11. The summed E-state index contributed by atoms with van der Waals surface area (Å²) in [5.41, 5.74) is 2.35. The van der Waals surface area contributed by atoms with E-state index >= 15 is 0 Å². The van der Waals surface area contributed by atoms with Gasteiger partial charge in [0, 0.05) is 17.6 Å². The average Bonchev–Trinajstić information content (AvgIpc) is 2.27. The van der Waals surface area contributed by atoms with Crippen molar-refractivity contribution in [3.8, 4) is 0 Å². The van der Waals surface area contributed by atoms with Crippen LogP contribution in [0.1, 0.15) is 11.1 Å². The second-order valence-electron chi connectivity index (χ2n) is 3.73. The lowest BCUT2D eigenvalue weighted by Crippen LogP contribution is -2.20. The van der Waals surface area contributed by atoms with Gasteiger partial charge in [0.1, 0.15) is 6.61 Å². The highest BCUT2D eigenvalue weighted by Gasteiger charge is 2.01. The van der Waals surface area contributed by atoms with E-state index in [-0.39, 0.29) is 0 Å². The Morgan fingerprint density at radius 3 is 2.82 bits per heavy atom. The fourth-order valence-electron chi connectivity index (χ4n) is 1.37. The Hall–Kier alpha value is -0.520. The molecular weight excluding hydrogens is 292 g/mol. The molecule has 1 aromatic carbocycles. The van der Waals surface area contributed by atoms with Gasteiger partial charge in [0.15, 0.2) is 0 Å². The van der Waals surface area contributed by atoms with Gasteiger partial charge in [0.05, 0.1) is 6.61 Å². The minimum atomic E-state index is -2.39. The molecule has 0 bridgehead atoms. The van der Waals surface area contributed by atoms with Crippen molar-refractivity contribution in [1.82, 2.24) is 5.32 Å². The number of aryl methyl sites for hydroxylation is 1. The van der Waals surface area contributed by atoms with Crippen LogP contribution in [0.3, 0.4) is 0 Å². The maximum Gasteiger partial charge on any atom is 0.261 e. The van der Waals surface area contributed by atoms with Gasteiger partial charge in [0.2, 0.25) is 0 Å². The van der Waals surface area contributed by atoms with Crippen LogP contribution in [0.5, 0.6) is 0 Å². The quantitative estimate of drug-likeness (QED) is 0.782. The third-order valence-electron chi connectivity index (χ3n) is 2.22. The Bertz CT molecular complexity index is 347. The van der Waals surface area contributed by atoms with Crippen LogP contribution in [0.25, 0.3) is 0 Å². The summed E-state index contributed by atoms with van der Waals surface area (Å²) >= 11 is 3.43. The largest absolute Gasteiger partial charge is 0.374 e. The molecular formula is C12H16BrF2NO. The van der Waals surface area contributed by atoms with E-state index in [9.17, 15) is 8.78 Å². The van der Waals surface area contributed by atoms with Crippen LogP contribution >= 0.6 is 15.9 Å². The monoisotopic (exact) mass is 307 g/mol. The molecule has 1 rings (SSSR count). The number of hydrogen-bond acceptors (Lipinski definition) is 2. The predicted molar refractivity (Wildman–Crippen MR) is 67.4 cm³/mol. The zero-order valence-electron chi connectivity index (χ0n) is 9.68. The number of alkyl halides is 2. The molecule has 0 saturated carbocycles. The molecule has 0 heterocycles. The molecule has 0 aliphatic carbocycles. The van der Waals surface area contributed by atoms with Crippen molar-refractivity contribution in [3.63, 3.8) is 0 Å². The number of nitrogens with one attached hydrogen (secondary N) is 1. The molecule has 17 heavy (non-hydrogen) atoms. The summed E-state index contributed by atoms with van der Waals surface area (Å²) in [4.78, 5) is 0. The van der Waals surface area contributed by atoms with Crippen LogP contribution in [0.2, 0.25) is 0 Å². The third kappa shape index (κ3) is 6.10. The number of hydrogen-bond donors (Lipinski definition) is 1. The maximum absolute atomic E-state index is 11.7. The second kappa shape index (κ2) is 7.74. The highest BCUT2D eigenvalue weighted by Crippen LogP contribution is 2.16. The molecule has 0 radical (unpaired) electrons. The van der Waals surface area contributed by atoms with Crippen molar-refractivity contribution in [1.29, 1.82) is 0 Å². The lowest BCUT2D eigenvalue weighted by Gasteiger charge is -2.07. The van der Waals surface area contributed by atoms with Crippen LogP contribution < -0.4 is 5.32 Å². The van der Waals surface area contributed by atoms with Gasteiger partial charge < -0.3 is 10.1 Å². The Morgan fingerprint density at radius 1 is 1.41 bits per heavy atom. The van der Waals surface area contributed by atoms with Crippen molar-refractivity contribution in [3.05, 3.63) is 33.8 Å². The lowest BCUT2D eigenvalue weighted by atomic mass is 10.1. The predicted octanol–water partition coefficient (Wildman–Crippen LogP) is 3.13. The Morgan fingerprint density at radius 2 is 2.18 bits per heavy atom. The molecule has 1 aromatic rings. The fraction of sp³-hybridized carbons (Fsp3) is 0.500. The molecule has 0 fully saturated rings. The smallest absolute Gasteiger partial charge is 0.261 e. The highest BCUT2D eigenvalue weighted by molar-refractivity contribution is 9.10. The Balaban J connectivity index is 2.16. The minimum absolute atomic E-state index is 0.305. The van der Waals surface area contributed by atoms with E-state index in [1.165, 1.54) is 11.1 Å². The van der Waals surface area contributed by atoms with E-state index in [0.717, 1.165) is 4.47 Å². The molecule has 0 aromatic heterocycles. The van der Waals surface area contributed by atoms with Crippen molar-refractivity contribution in [2.24, 2.45) is 0 Å². The normalized spacial score (nSPS) is 11.1. The van der Waals surface area contributed by atoms with Crippen LogP contribution in [-0.2, 0) is 11.3 Å². The van der Waals surface area contributed by atoms with E-state index in [4.69, 9.17) is 4.74 Å². The topological polar surface area (TPSA) is 21.3 Å². The number of benzene rings is 1. The van der Waals surface area contributed by atoms with Gasteiger partial charge in [-0.25, -0.2) is 8.78 Å². The number of halogens is 3. The summed E-state index contributed by atoms with van der Waals surface area (Å²) in [5, 5.41) is 3.14. The van der Waals surface area contributed by atoms with Gasteiger partial charge in [-0.05, 0) is 24.1 Å². The lowest BCUT2D eigenvalue weighted by molar-refractivity contribution is 0.0187. The zero-order chi connectivity index (χ0) is 12.7. The summed E-state index contributed by atoms with van der Waals surface area (Å²) in [7, 11) is 0. The SMILES string of the molecule is Cc1cc(CNCCOCC(F)F)ccc1Br. The van der Waals surface area contributed by atoms with Crippen molar-refractivity contribution in [2.75, 3.05) is 19.8 Å². The van der Waals surface area contributed by atoms with Crippen LogP contribution in [-0.4, -0.2) is 26.2 Å². The Kier molecular flexibility index (Phi) is 6.62. The van der Waals surface area contributed by atoms with Crippen molar-refractivity contribution < 1.29 is 13.5 Å². The summed E-state index contributed by atoms with van der Waals surface area (Å²) in [5.74, 6) is 0. The summed E-state index contributed by atoms with van der Waals surface area (Å²) in [6.07, 6.45) is -2.39. The van der Waals surface area contributed by atoms with E-state index < -0.39 is 13.0 Å². The van der Waals surface area contributed by atoms with Gasteiger partial charge in [-0.1, -0.05) is 28.1 Å². The van der Waals surface area contributed by atoms with Crippen LogP contribution in [0, 0.1) is 6.92 Å². The molecule has 0 spiro atoms. The molecule has 1 N–H and O–H groups in total. The first kappa shape index (κ1) is 14.5. The van der Waals surface area contributed by atoms with Gasteiger partial charge in [-0.3, -0.25) is 0 Å². The fourth-order valence-corrected chi connectivity index (χ4v) is 1.61. The number of ether oxygens (including phenoxy) is 1. The van der Waals surface area contributed by atoms with Crippen molar-refractivity contribution in [2.45, 2.75) is 19.9 Å². The molecule has 2 nitrogen and oxygen atoms in total. The molecule has 0 saturated heterocycles. The first-order valence-electron chi connectivity index (χ1n) is 5.41. The molecule has 0 atom stereocenters. The summed E-state index contributed by atoms with van der Waals surface area (Å²) in [6, 6.07) is 6.10. The van der Waals surface area contributed by atoms with E-state index in [1.807, 2.05) is 19.1 Å². The molecule has 0 unspecified atom stereocenters. The van der Waals surface area contributed by atoms with Crippen LogP contribution in [0.4, 0.5) is 8.78 Å². The van der Waals surface area contributed by atoms with E-state index in [0.29, 0.717) is 19.7 Å². The van der Waals surface area contributed by atoms with Crippen molar-refractivity contribution >= 4 is 15.9 Å². The molecule has 5 heteroatoms. The first-order valence-corrected chi connectivity index (χ1v) is 6.20. The molecule has 0 aliphatic rings. The molecule has 0 amide bonds.